The van der Waals surface area contributed by atoms with Gasteiger partial charge < -0.3 is 9.88 Å². The summed E-state index contributed by atoms with van der Waals surface area (Å²) >= 11 is 0. The number of amides is 1. The number of fused-ring (bicyclic) bond motifs is 1. The maximum absolute atomic E-state index is 12.9. The lowest BCUT2D eigenvalue weighted by molar-refractivity contribution is 0.0950. The molecule has 4 aromatic rings. The van der Waals surface area contributed by atoms with Gasteiger partial charge in [-0.1, -0.05) is 43.3 Å². The van der Waals surface area contributed by atoms with Crippen LogP contribution in [0.3, 0.4) is 0 Å². The van der Waals surface area contributed by atoms with Crippen molar-refractivity contribution >= 4 is 11.5 Å². The third kappa shape index (κ3) is 5.92. The van der Waals surface area contributed by atoms with Gasteiger partial charge in [-0.3, -0.25) is 19.6 Å². The zero-order valence-electron chi connectivity index (χ0n) is 21.1. The van der Waals surface area contributed by atoms with Crippen LogP contribution in [0.5, 0.6) is 0 Å². The number of carbonyl (C=O) groups is 1. The van der Waals surface area contributed by atoms with E-state index in [4.69, 9.17) is 0 Å². The minimum Gasteiger partial charge on any atom is -0.348 e. The maximum Gasteiger partial charge on any atom is 0.253 e. The highest BCUT2D eigenvalue weighted by Crippen LogP contribution is 2.28. The Balaban J connectivity index is 1.20. The van der Waals surface area contributed by atoms with Crippen molar-refractivity contribution in [3.63, 3.8) is 0 Å². The van der Waals surface area contributed by atoms with Crippen LogP contribution < -0.4 is 10.9 Å². The zero-order chi connectivity index (χ0) is 25.8. The molecule has 1 aromatic carbocycles. The number of allylic oxidation sites excluding steroid dienone is 2. The molecule has 1 atom stereocenters. The summed E-state index contributed by atoms with van der Waals surface area (Å²) in [5, 5.41) is 3.01. The Morgan fingerprint density at radius 2 is 1.81 bits per heavy atom. The molecule has 1 amide bonds. The first kappa shape index (κ1) is 24.4. The molecule has 1 aliphatic rings. The van der Waals surface area contributed by atoms with Crippen LogP contribution in [0, 0.1) is 5.92 Å². The van der Waals surface area contributed by atoms with Crippen molar-refractivity contribution in [2.45, 2.75) is 39.8 Å². The first-order chi connectivity index (χ1) is 17.9. The van der Waals surface area contributed by atoms with E-state index in [0.29, 0.717) is 31.0 Å². The zero-order valence-corrected chi connectivity index (χ0v) is 21.1. The Bertz CT molecular complexity index is 1520. The van der Waals surface area contributed by atoms with Crippen molar-refractivity contribution in [2.75, 3.05) is 0 Å². The average molecular weight is 491 g/mol. The fourth-order valence-electron chi connectivity index (χ4n) is 4.80. The lowest BCUT2D eigenvalue weighted by Gasteiger charge is -2.19. The number of rotatable bonds is 7. The molecule has 0 bridgehead atoms. The Labute approximate surface area is 216 Å². The highest BCUT2D eigenvalue weighted by Gasteiger charge is 2.16. The van der Waals surface area contributed by atoms with Gasteiger partial charge >= 0.3 is 0 Å². The molecule has 0 fully saturated rings. The molecule has 0 saturated heterocycles. The van der Waals surface area contributed by atoms with Crippen LogP contribution in [-0.2, 0) is 25.9 Å². The monoisotopic (exact) mass is 490 g/mol. The standard InChI is InChI=1S/C31H30N4O2/c1-21-11-22(2)28-15-26(17-33-29(28)12-21)18-34-31(37)27-14-25(16-32-19-27)13-23-6-8-24(9-7-23)20-35-10-4-3-5-30(35)36/h3-11,14-17,19,21H,12-13,18,20H2,1-2H3,(H,34,37). The van der Waals surface area contributed by atoms with E-state index in [1.54, 1.807) is 35.3 Å². The van der Waals surface area contributed by atoms with Gasteiger partial charge in [0.25, 0.3) is 11.5 Å². The van der Waals surface area contributed by atoms with E-state index in [1.165, 1.54) is 11.1 Å². The molecule has 3 aromatic heterocycles. The number of pyridine rings is 3. The molecule has 186 valence electrons. The predicted molar refractivity (Wildman–Crippen MR) is 145 cm³/mol. The summed E-state index contributed by atoms with van der Waals surface area (Å²) in [6.07, 6.45) is 10.9. The summed E-state index contributed by atoms with van der Waals surface area (Å²) in [6, 6.07) is 17.3. The minimum atomic E-state index is -0.156. The van der Waals surface area contributed by atoms with Crippen molar-refractivity contribution in [3.05, 3.63) is 135 Å². The largest absolute Gasteiger partial charge is 0.348 e. The van der Waals surface area contributed by atoms with Crippen LogP contribution in [0.15, 0.2) is 90.3 Å². The molecule has 5 rings (SSSR count). The highest BCUT2D eigenvalue weighted by molar-refractivity contribution is 5.94. The Morgan fingerprint density at radius 1 is 1.00 bits per heavy atom. The lowest BCUT2D eigenvalue weighted by Crippen LogP contribution is -2.23. The summed E-state index contributed by atoms with van der Waals surface area (Å²) < 4.78 is 1.68. The number of carbonyl (C=O) groups excluding carboxylic acids is 1. The molecule has 6 nitrogen and oxygen atoms in total. The Hall–Kier alpha value is -4.32. The summed E-state index contributed by atoms with van der Waals surface area (Å²) in [5.74, 6) is 0.347. The summed E-state index contributed by atoms with van der Waals surface area (Å²) in [4.78, 5) is 33.7. The molecular formula is C31H30N4O2. The van der Waals surface area contributed by atoms with Gasteiger partial charge in [0.05, 0.1) is 12.1 Å². The molecule has 1 unspecified atom stereocenters. The van der Waals surface area contributed by atoms with E-state index in [2.05, 4.69) is 53.4 Å². The Kier molecular flexibility index (Phi) is 7.08. The third-order valence-electron chi connectivity index (χ3n) is 6.69. The van der Waals surface area contributed by atoms with Gasteiger partial charge in [0.2, 0.25) is 0 Å². The van der Waals surface area contributed by atoms with Crippen LogP contribution >= 0.6 is 0 Å². The van der Waals surface area contributed by atoms with Gasteiger partial charge in [-0.15, -0.1) is 0 Å². The minimum absolute atomic E-state index is 0.0165. The SMILES string of the molecule is CC1=CC(C)Cc2ncc(CNC(=O)c3cncc(Cc4ccc(Cn5ccccc5=O)cc4)c3)cc21. The predicted octanol–water partition coefficient (Wildman–Crippen LogP) is 4.80. The summed E-state index contributed by atoms with van der Waals surface area (Å²) in [7, 11) is 0. The third-order valence-corrected chi connectivity index (χ3v) is 6.69. The van der Waals surface area contributed by atoms with Crippen molar-refractivity contribution in [1.82, 2.24) is 19.9 Å². The quantitative estimate of drug-likeness (QED) is 0.404. The van der Waals surface area contributed by atoms with Gasteiger partial charge in [-0.05, 0) is 77.3 Å². The number of nitrogens with one attached hydrogen (secondary N) is 1. The van der Waals surface area contributed by atoms with Crippen LogP contribution in [0.4, 0.5) is 0 Å². The second-order valence-corrected chi connectivity index (χ2v) is 9.79. The molecular weight excluding hydrogens is 460 g/mol. The summed E-state index contributed by atoms with van der Waals surface area (Å²) in [6.45, 7) is 5.27. The van der Waals surface area contributed by atoms with Crippen molar-refractivity contribution < 1.29 is 4.79 Å². The molecule has 1 N–H and O–H groups in total. The van der Waals surface area contributed by atoms with Gasteiger partial charge in [0.1, 0.15) is 0 Å². The molecule has 3 heterocycles. The highest BCUT2D eigenvalue weighted by atomic mass is 16.1. The normalized spacial score (nSPS) is 14.5. The van der Waals surface area contributed by atoms with Gasteiger partial charge in [-0.25, -0.2) is 0 Å². The molecule has 0 saturated carbocycles. The number of nitrogens with zero attached hydrogens (tertiary/aromatic N) is 3. The van der Waals surface area contributed by atoms with E-state index in [9.17, 15) is 9.59 Å². The van der Waals surface area contributed by atoms with Crippen LogP contribution in [0.2, 0.25) is 0 Å². The molecule has 0 aliphatic heterocycles. The molecule has 1 aliphatic carbocycles. The van der Waals surface area contributed by atoms with Crippen molar-refractivity contribution in [1.29, 1.82) is 0 Å². The number of aromatic nitrogens is 3. The second kappa shape index (κ2) is 10.7. The first-order valence-electron chi connectivity index (χ1n) is 12.6. The van der Waals surface area contributed by atoms with E-state index >= 15 is 0 Å². The van der Waals surface area contributed by atoms with Crippen LogP contribution in [-0.4, -0.2) is 20.4 Å². The molecule has 0 spiro atoms. The Morgan fingerprint density at radius 3 is 2.62 bits per heavy atom. The first-order valence-corrected chi connectivity index (χ1v) is 12.6. The molecule has 6 heteroatoms. The van der Waals surface area contributed by atoms with E-state index < -0.39 is 0 Å². The number of benzene rings is 1. The van der Waals surface area contributed by atoms with Gasteiger partial charge in [0, 0.05) is 43.1 Å². The molecule has 37 heavy (non-hydrogen) atoms. The number of hydrogen-bond donors (Lipinski definition) is 1. The number of hydrogen-bond acceptors (Lipinski definition) is 4. The van der Waals surface area contributed by atoms with Crippen LogP contribution in [0.25, 0.3) is 5.57 Å². The maximum atomic E-state index is 12.9. The lowest BCUT2D eigenvalue weighted by atomic mass is 9.89. The summed E-state index contributed by atoms with van der Waals surface area (Å²) in [5.41, 5.74) is 8.18. The smallest absolute Gasteiger partial charge is 0.253 e. The van der Waals surface area contributed by atoms with Crippen molar-refractivity contribution in [2.24, 2.45) is 5.92 Å². The van der Waals surface area contributed by atoms with Gasteiger partial charge in [0.15, 0.2) is 0 Å². The fourth-order valence-corrected chi connectivity index (χ4v) is 4.80. The van der Waals surface area contributed by atoms with E-state index in [0.717, 1.165) is 34.4 Å². The van der Waals surface area contributed by atoms with Crippen molar-refractivity contribution in [3.8, 4) is 0 Å². The van der Waals surface area contributed by atoms with Crippen LogP contribution in [0.1, 0.15) is 57.7 Å². The fraction of sp³-hybridized carbons (Fsp3) is 0.226. The average Bonchev–Trinajstić information content (AvgIpc) is 2.90. The topological polar surface area (TPSA) is 76.9 Å². The van der Waals surface area contributed by atoms with E-state index in [1.807, 2.05) is 30.5 Å². The molecule has 0 radical (unpaired) electrons. The van der Waals surface area contributed by atoms with E-state index in [-0.39, 0.29) is 11.5 Å². The second-order valence-electron chi connectivity index (χ2n) is 9.79. The van der Waals surface area contributed by atoms with Gasteiger partial charge in [-0.2, -0.15) is 0 Å².